The van der Waals surface area contributed by atoms with E-state index in [2.05, 4.69) is 21.4 Å². The van der Waals surface area contributed by atoms with Gasteiger partial charge in [0.25, 0.3) is 0 Å². The van der Waals surface area contributed by atoms with Crippen LogP contribution in [0.5, 0.6) is 5.75 Å². The summed E-state index contributed by atoms with van der Waals surface area (Å²) in [5.74, 6) is 0.319. The molecular formula is C20H19FN4O2S. The van der Waals surface area contributed by atoms with E-state index in [1.807, 2.05) is 35.3 Å². The Hall–Kier alpha value is -3.00. The lowest BCUT2D eigenvalue weighted by Crippen LogP contribution is -2.15. The molecule has 0 saturated heterocycles. The molecule has 0 aliphatic heterocycles. The third-order valence-corrected chi connectivity index (χ3v) is 5.95. The van der Waals surface area contributed by atoms with Crippen molar-refractivity contribution in [1.82, 2.24) is 14.5 Å². The first-order valence-corrected chi connectivity index (χ1v) is 9.75. The summed E-state index contributed by atoms with van der Waals surface area (Å²) in [7, 11) is 3.61. The number of nitrogens with one attached hydrogen (secondary N) is 1. The molecule has 8 heteroatoms. The number of hydrogen-bond donors (Lipinski definition) is 1. The maximum atomic E-state index is 13.1. The quantitative estimate of drug-likeness (QED) is 0.553. The summed E-state index contributed by atoms with van der Waals surface area (Å²) in [6.45, 7) is 0. The predicted octanol–water partition coefficient (Wildman–Crippen LogP) is 4.40. The summed E-state index contributed by atoms with van der Waals surface area (Å²) in [5, 5.41) is 3.64. The van der Waals surface area contributed by atoms with E-state index in [1.54, 1.807) is 24.6 Å². The number of alkyl halides is 1. The van der Waals surface area contributed by atoms with Crippen LogP contribution < -0.4 is 10.1 Å². The van der Waals surface area contributed by atoms with E-state index in [9.17, 15) is 9.18 Å². The Morgan fingerprint density at radius 3 is 2.93 bits per heavy atom. The Morgan fingerprint density at radius 1 is 1.36 bits per heavy atom. The van der Waals surface area contributed by atoms with E-state index < -0.39 is 12.1 Å². The summed E-state index contributed by atoms with van der Waals surface area (Å²) < 4.78 is 21.8. The molecular weight excluding hydrogens is 379 g/mol. The Labute approximate surface area is 165 Å². The maximum Gasteiger partial charge on any atom is 0.231 e. The zero-order valence-electron chi connectivity index (χ0n) is 15.3. The highest BCUT2D eigenvalue weighted by atomic mass is 32.1. The first-order chi connectivity index (χ1) is 13.5. The maximum absolute atomic E-state index is 13.1. The van der Waals surface area contributed by atoms with Crippen molar-refractivity contribution in [3.8, 4) is 17.0 Å². The van der Waals surface area contributed by atoms with Gasteiger partial charge in [-0.05, 0) is 24.6 Å². The number of halogens is 1. The molecule has 0 spiro atoms. The number of aromatic nitrogens is 3. The van der Waals surface area contributed by atoms with E-state index in [0.29, 0.717) is 12.2 Å². The number of rotatable bonds is 4. The zero-order chi connectivity index (χ0) is 19.4. The van der Waals surface area contributed by atoms with Crippen LogP contribution in [0.3, 0.4) is 0 Å². The van der Waals surface area contributed by atoms with Gasteiger partial charge in [-0.2, -0.15) is 0 Å². The third-order valence-electron chi connectivity index (χ3n) is 5.16. The SMILES string of the molecule is COc1cc2ncsc2cc1-c1cc2cc(NC(=O)C3CC3F)ncc2n1C.[HH]. The van der Waals surface area contributed by atoms with Crippen LogP contribution in [0.1, 0.15) is 7.85 Å². The summed E-state index contributed by atoms with van der Waals surface area (Å²) >= 11 is 1.58. The van der Waals surface area contributed by atoms with Crippen molar-refractivity contribution in [3.63, 3.8) is 0 Å². The molecule has 6 nitrogen and oxygen atoms in total. The highest BCUT2D eigenvalue weighted by molar-refractivity contribution is 7.16. The Bertz CT molecular complexity index is 1240. The van der Waals surface area contributed by atoms with Gasteiger partial charge in [-0.25, -0.2) is 14.4 Å². The van der Waals surface area contributed by atoms with Gasteiger partial charge in [0.05, 0.1) is 46.2 Å². The lowest BCUT2D eigenvalue weighted by molar-refractivity contribution is -0.117. The van der Waals surface area contributed by atoms with Crippen LogP contribution in [-0.4, -0.2) is 33.7 Å². The molecule has 2 unspecified atom stereocenters. The minimum absolute atomic E-state index is 0. The summed E-state index contributed by atoms with van der Waals surface area (Å²) in [6.07, 6.45) is 0.983. The van der Waals surface area contributed by atoms with Crippen LogP contribution in [0.2, 0.25) is 0 Å². The van der Waals surface area contributed by atoms with Crippen molar-refractivity contribution < 1.29 is 15.3 Å². The van der Waals surface area contributed by atoms with Gasteiger partial charge in [0, 0.05) is 25.5 Å². The highest BCUT2D eigenvalue weighted by Crippen LogP contribution is 2.38. The number of benzene rings is 1. The normalized spacial score (nSPS) is 18.5. The number of aryl methyl sites for hydroxylation is 1. The van der Waals surface area contributed by atoms with E-state index in [0.717, 1.165) is 38.1 Å². The van der Waals surface area contributed by atoms with Crippen molar-refractivity contribution in [2.75, 3.05) is 12.4 Å². The van der Waals surface area contributed by atoms with Crippen molar-refractivity contribution in [3.05, 3.63) is 36.0 Å². The predicted molar refractivity (Wildman–Crippen MR) is 110 cm³/mol. The third kappa shape index (κ3) is 2.72. The smallest absolute Gasteiger partial charge is 0.231 e. The van der Waals surface area contributed by atoms with Crippen LogP contribution >= 0.6 is 11.3 Å². The Kier molecular flexibility index (Phi) is 3.83. The fourth-order valence-electron chi connectivity index (χ4n) is 3.47. The molecule has 1 aliphatic carbocycles. The van der Waals surface area contributed by atoms with Gasteiger partial charge in [-0.1, -0.05) is 0 Å². The molecule has 144 valence electrons. The van der Waals surface area contributed by atoms with Crippen molar-refractivity contribution in [2.45, 2.75) is 12.6 Å². The minimum Gasteiger partial charge on any atom is -0.496 e. The van der Waals surface area contributed by atoms with Gasteiger partial charge in [0.2, 0.25) is 5.91 Å². The monoisotopic (exact) mass is 398 g/mol. The molecule has 0 radical (unpaired) electrons. The van der Waals surface area contributed by atoms with Gasteiger partial charge < -0.3 is 14.6 Å². The number of carbonyl (C=O) groups is 1. The highest BCUT2D eigenvalue weighted by Gasteiger charge is 2.43. The van der Waals surface area contributed by atoms with Crippen molar-refractivity contribution in [1.29, 1.82) is 0 Å². The van der Waals surface area contributed by atoms with Gasteiger partial charge in [0.15, 0.2) is 0 Å². The van der Waals surface area contributed by atoms with E-state index in [-0.39, 0.29) is 7.33 Å². The summed E-state index contributed by atoms with van der Waals surface area (Å²) in [4.78, 5) is 20.6. The van der Waals surface area contributed by atoms with Gasteiger partial charge in [-0.15, -0.1) is 11.3 Å². The molecule has 1 fully saturated rings. The van der Waals surface area contributed by atoms with Crippen LogP contribution in [0.4, 0.5) is 10.2 Å². The van der Waals surface area contributed by atoms with Gasteiger partial charge >= 0.3 is 0 Å². The molecule has 1 aromatic carbocycles. The molecule has 1 amide bonds. The zero-order valence-corrected chi connectivity index (χ0v) is 16.1. The Balaban J connectivity index is 0.00000205. The number of carbonyl (C=O) groups excluding carboxylic acids is 1. The van der Waals surface area contributed by atoms with Crippen LogP contribution in [0.15, 0.2) is 36.0 Å². The number of methoxy groups -OCH3 is 1. The molecule has 2 atom stereocenters. The first kappa shape index (κ1) is 17.1. The standard InChI is InChI=1S/C20H17FN4O2S.H2/c1-25-15(12-6-18-14(23-9-28-18)7-17(12)27-2)3-10-4-19(22-8-16(10)25)24-20(26)11-5-13(11)21;/h3-4,6-9,11,13H,5H2,1-2H3,(H,22,24,26);1H. The summed E-state index contributed by atoms with van der Waals surface area (Å²) in [5.41, 5.74) is 5.58. The first-order valence-electron chi connectivity index (χ1n) is 8.87. The fraction of sp³-hybridized carbons (Fsp3) is 0.250. The molecule has 3 heterocycles. The Morgan fingerprint density at radius 2 is 2.18 bits per heavy atom. The number of anilines is 1. The van der Waals surface area contributed by atoms with E-state index in [4.69, 9.17) is 4.74 Å². The van der Waals surface area contributed by atoms with Crippen molar-refractivity contribution >= 4 is 44.2 Å². The summed E-state index contributed by atoms with van der Waals surface area (Å²) in [6, 6.07) is 7.85. The van der Waals surface area contributed by atoms with Crippen molar-refractivity contribution in [2.24, 2.45) is 13.0 Å². The largest absolute Gasteiger partial charge is 0.496 e. The molecule has 5 rings (SSSR count). The number of amides is 1. The van der Waals surface area contributed by atoms with Crippen LogP contribution in [0.25, 0.3) is 32.4 Å². The average Bonchev–Trinajstić information content (AvgIpc) is 3.11. The second-order valence-corrected chi connectivity index (χ2v) is 7.82. The number of thiazole rings is 1. The molecule has 1 N–H and O–H groups in total. The molecule has 4 aromatic rings. The topological polar surface area (TPSA) is 69.0 Å². The lowest BCUT2D eigenvalue weighted by Gasteiger charge is -2.10. The number of nitrogens with zero attached hydrogens (tertiary/aromatic N) is 3. The van der Waals surface area contributed by atoms with Gasteiger partial charge in [0.1, 0.15) is 17.7 Å². The minimum atomic E-state index is -1.03. The number of fused-ring (bicyclic) bond motifs is 2. The van der Waals surface area contributed by atoms with Crippen LogP contribution in [0, 0.1) is 5.92 Å². The number of ether oxygens (including phenoxy) is 1. The van der Waals surface area contributed by atoms with Gasteiger partial charge in [-0.3, -0.25) is 4.79 Å². The van der Waals surface area contributed by atoms with Crippen LogP contribution in [-0.2, 0) is 11.8 Å². The number of hydrogen-bond acceptors (Lipinski definition) is 5. The fourth-order valence-corrected chi connectivity index (χ4v) is 4.17. The molecule has 0 bridgehead atoms. The molecule has 3 aromatic heterocycles. The number of pyridine rings is 1. The second-order valence-electron chi connectivity index (χ2n) is 6.94. The second kappa shape index (κ2) is 6.27. The van der Waals surface area contributed by atoms with E-state index >= 15 is 0 Å². The lowest BCUT2D eigenvalue weighted by atomic mass is 10.1. The molecule has 1 aliphatic rings. The van der Waals surface area contributed by atoms with E-state index in [1.165, 1.54) is 0 Å². The molecule has 1 saturated carbocycles. The molecule has 28 heavy (non-hydrogen) atoms. The average molecular weight is 398 g/mol.